The lowest BCUT2D eigenvalue weighted by molar-refractivity contribution is -0.321. The number of amides is 7. The summed E-state index contributed by atoms with van der Waals surface area (Å²) >= 11 is 0. The number of carbonyl (C=O) groups excluding carboxylic acids is 8. The molecule has 5 aliphatic rings. The van der Waals surface area contributed by atoms with Crippen LogP contribution in [0.5, 0.6) is 0 Å². The Bertz CT molecular complexity index is 2780. The fourth-order valence-electron chi connectivity index (χ4n) is 10.4. The average Bonchev–Trinajstić information content (AvgIpc) is 0.883. The molecule has 2 aliphatic carbocycles. The first-order valence-corrected chi connectivity index (χ1v) is 35.5. The minimum absolute atomic E-state index is 0.0293. The Morgan fingerprint density at radius 2 is 1.27 bits per heavy atom. The van der Waals surface area contributed by atoms with E-state index in [0.717, 1.165) is 4.90 Å². The van der Waals surface area contributed by atoms with Crippen LogP contribution in [-0.4, -0.2) is 281 Å². The van der Waals surface area contributed by atoms with Crippen LogP contribution in [-0.2, 0) is 99.9 Å². The van der Waals surface area contributed by atoms with Gasteiger partial charge in [0.25, 0.3) is 11.8 Å². The maximum absolute atomic E-state index is 14.0. The Morgan fingerprint density at radius 1 is 0.724 bits per heavy atom. The largest absolute Gasteiger partial charge is 0.453 e. The second-order valence-corrected chi connectivity index (χ2v) is 26.3. The van der Waals surface area contributed by atoms with Crippen LogP contribution < -0.4 is 21.3 Å². The molecule has 3 heterocycles. The monoisotopic (exact) mass is 1420 g/mol. The first kappa shape index (κ1) is 82.8. The summed E-state index contributed by atoms with van der Waals surface area (Å²) in [5, 5.41) is 22.5. The number of ether oxygens (including phenoxy) is 14. The third kappa shape index (κ3) is 31.4. The molecule has 2 saturated heterocycles. The van der Waals surface area contributed by atoms with Crippen LogP contribution in [0.3, 0.4) is 0 Å². The van der Waals surface area contributed by atoms with Crippen LogP contribution in [0.2, 0.25) is 0 Å². The second-order valence-electron chi connectivity index (χ2n) is 23.3. The van der Waals surface area contributed by atoms with Gasteiger partial charge in [0.1, 0.15) is 12.2 Å². The molecule has 5 rings (SSSR count). The average molecular weight is 1420 g/mol. The van der Waals surface area contributed by atoms with Crippen molar-refractivity contribution in [3.63, 3.8) is 0 Å². The number of hydrogen-bond donors (Lipinski definition) is 5. The van der Waals surface area contributed by atoms with Gasteiger partial charge in [-0.2, -0.15) is 0 Å². The van der Waals surface area contributed by atoms with Crippen LogP contribution in [0.15, 0.2) is 47.2 Å². The molecule has 3 aliphatic heterocycles. The highest BCUT2D eigenvalue weighted by Gasteiger charge is 2.46. The van der Waals surface area contributed by atoms with Crippen molar-refractivity contribution in [1.29, 1.82) is 0 Å². The van der Waals surface area contributed by atoms with Crippen molar-refractivity contribution in [2.75, 3.05) is 165 Å². The van der Waals surface area contributed by atoms with Gasteiger partial charge in [-0.25, -0.2) is 4.79 Å². The van der Waals surface area contributed by atoms with E-state index >= 15 is 0 Å². The number of ketones is 1. The summed E-state index contributed by atoms with van der Waals surface area (Å²) < 4.78 is 80.0. The summed E-state index contributed by atoms with van der Waals surface area (Å²) in [7, 11) is 5.86. The molecule has 7 amide bonds. The topological polar surface area (TPSA) is 341 Å². The predicted molar refractivity (Wildman–Crippen MR) is 359 cm³/mol. The predicted octanol–water partition coefficient (Wildman–Crippen LogP) is 2.08. The Balaban J connectivity index is 0.889. The number of imide groups is 1. The van der Waals surface area contributed by atoms with Gasteiger partial charge in [-0.1, -0.05) is 51.3 Å². The lowest BCUT2D eigenvalue weighted by atomic mass is 9.78. The van der Waals surface area contributed by atoms with Gasteiger partial charge in [0, 0.05) is 114 Å². The highest BCUT2D eigenvalue weighted by Crippen LogP contribution is 2.41. The number of hydrogen-bond acceptors (Lipinski definition) is 25. The summed E-state index contributed by atoms with van der Waals surface area (Å²) in [6.45, 7) is 16.6. The Labute approximate surface area is 582 Å². The summed E-state index contributed by atoms with van der Waals surface area (Å²) in [6.07, 6.45) is 1.42. The summed E-state index contributed by atoms with van der Waals surface area (Å²) in [5.74, 6) is 10.0. The minimum atomic E-state index is -1.25. The number of allylic oxidation sites excluding steroid dienone is 3. The van der Waals surface area contributed by atoms with Crippen molar-refractivity contribution in [2.45, 2.75) is 133 Å². The lowest BCUT2D eigenvalue weighted by Crippen LogP contribution is -2.57. The number of aliphatic hydroxyl groups excluding tert-OH is 1. The Morgan fingerprint density at radius 3 is 1.83 bits per heavy atom. The Kier molecular flexibility index (Phi) is 40.0. The van der Waals surface area contributed by atoms with E-state index in [1.807, 2.05) is 26.8 Å². The molecule has 2 bridgehead atoms. The van der Waals surface area contributed by atoms with Gasteiger partial charge in [-0.15, -0.1) is 0 Å². The number of alkyl carbamates (subject to hydrolysis) is 1. The van der Waals surface area contributed by atoms with Gasteiger partial charge < -0.3 is 92.3 Å². The van der Waals surface area contributed by atoms with Crippen molar-refractivity contribution in [1.82, 2.24) is 31.1 Å². The fourth-order valence-corrected chi connectivity index (χ4v) is 12.8. The van der Waals surface area contributed by atoms with Gasteiger partial charge in [0.05, 0.1) is 155 Å². The van der Waals surface area contributed by atoms with Crippen molar-refractivity contribution >= 4 is 68.9 Å². The van der Waals surface area contributed by atoms with Gasteiger partial charge >= 0.3 is 6.09 Å². The number of fused-ring (bicyclic) bond motifs is 2. The SMILES string of the molecule is CCN(C(C)=O)[C@H]1CO[C@@H](O[C@H]2[C@H](O[C@H]3C#C/C=C\C#CC4CC(=O)C(NC(=O)OC)=C3/C4=C\CSSC(C)(C)CCC(=O)NCCNC(=O)CCOCCOCCOCCOCCOCCOCCOCCOCCNC(=O)CCN3C(=O)C=CC3=O)O[C@H](C)C[C@@H]2O)C[C@@H]1OC. The lowest BCUT2D eigenvalue weighted by Gasteiger charge is -2.44. The van der Waals surface area contributed by atoms with E-state index in [9.17, 15) is 43.5 Å². The third-order valence-corrected chi connectivity index (χ3v) is 18.6. The molecule has 5 N–H and O–H groups in total. The molecule has 0 aromatic rings. The molecular weight excluding hydrogens is 1320 g/mol. The zero-order valence-electron chi connectivity index (χ0n) is 57.4. The van der Waals surface area contributed by atoms with E-state index in [1.165, 1.54) is 37.0 Å². The summed E-state index contributed by atoms with van der Waals surface area (Å²) in [5.41, 5.74) is 0.770. The van der Waals surface area contributed by atoms with Crippen molar-refractivity contribution in [3.05, 3.63) is 47.2 Å². The van der Waals surface area contributed by atoms with Crippen LogP contribution in [0.4, 0.5) is 4.79 Å². The molecule has 0 aromatic carbocycles. The maximum Gasteiger partial charge on any atom is 0.411 e. The van der Waals surface area contributed by atoms with Crippen LogP contribution in [0.25, 0.3) is 0 Å². The van der Waals surface area contributed by atoms with E-state index in [-0.39, 0.29) is 117 Å². The number of carbonyl (C=O) groups is 8. The molecule has 0 spiro atoms. The molecule has 0 aromatic heterocycles. The molecule has 29 nitrogen and oxygen atoms in total. The van der Waals surface area contributed by atoms with Crippen LogP contribution in [0.1, 0.15) is 79.6 Å². The molecular formula is C67H100N6O23S2. The highest BCUT2D eigenvalue weighted by molar-refractivity contribution is 8.77. The number of nitrogens with zero attached hydrogens (tertiary/aromatic N) is 2. The summed E-state index contributed by atoms with van der Waals surface area (Å²) in [6, 6.07) is -0.357. The van der Waals surface area contributed by atoms with Crippen molar-refractivity contribution in [3.8, 4) is 23.7 Å². The van der Waals surface area contributed by atoms with Gasteiger partial charge in [0.15, 0.2) is 18.4 Å². The minimum Gasteiger partial charge on any atom is -0.453 e. The molecule has 98 heavy (non-hydrogen) atoms. The van der Waals surface area contributed by atoms with Gasteiger partial charge in [-0.05, 0) is 51.8 Å². The summed E-state index contributed by atoms with van der Waals surface area (Å²) in [4.78, 5) is 102. The van der Waals surface area contributed by atoms with E-state index in [0.29, 0.717) is 130 Å². The standard InChI is InChI=1S/C67H100N6O23S2/c1-8-72(48(3)74)51-46-93-61(45-55(51)83-6)96-64-53(76)43-47(2)94-65(64)95-54-14-12-10-9-11-13-49-44-52(75)63(71-66(82)84-7)62(54)50(49)20-42-97-98-67(4,5)21-17-56(77)68-22-23-69-58(79)19-26-85-28-30-87-32-34-89-36-38-91-40-41-92-39-37-90-35-33-88-31-29-86-27-24-70-57(78)18-25-73-59(80)15-16-60(73)81/h9-10,15-16,20,47,49,51,53-55,61,64-65,76H,8,17-19,21-46H2,1-7H3,(H,68,77)(H,69,79)(H,70,78)(H,71,82)/b10-9-,50-20-/t47-,49?,51+,53+,54+,55+,61+,64-,65+/m1/s1. The van der Waals surface area contributed by atoms with Crippen LogP contribution in [0, 0.1) is 29.6 Å². The Hall–Kier alpha value is -5.82. The molecule has 548 valence electrons. The molecule has 9 atom stereocenters. The normalized spacial score (nSPS) is 23.0. The van der Waals surface area contributed by atoms with E-state index < -0.39 is 72.7 Å². The van der Waals surface area contributed by atoms with E-state index in [1.54, 1.807) is 41.9 Å². The molecule has 2 fully saturated rings. The first-order chi connectivity index (χ1) is 47.3. The van der Waals surface area contributed by atoms with Crippen molar-refractivity contribution < 1.29 is 110 Å². The van der Waals surface area contributed by atoms with Crippen LogP contribution >= 0.6 is 21.6 Å². The second kappa shape index (κ2) is 47.3. The zero-order valence-corrected chi connectivity index (χ0v) is 59.1. The van der Waals surface area contributed by atoms with Gasteiger partial charge in [-0.3, -0.25) is 43.8 Å². The third-order valence-electron chi connectivity index (χ3n) is 15.4. The highest BCUT2D eigenvalue weighted by atomic mass is 33.1. The number of Topliss-reactive ketones (excluding diaryl/α,β-unsaturated/α-hetero) is 1. The fraction of sp³-hybridized carbons (Fsp3) is 0.701. The molecule has 0 saturated carbocycles. The number of likely N-dealkylation sites (N-methyl/N-ethyl adjacent to an activating group) is 1. The molecule has 0 radical (unpaired) electrons. The smallest absolute Gasteiger partial charge is 0.411 e. The quantitative estimate of drug-likeness (QED) is 0.0252. The first-order valence-electron chi connectivity index (χ1n) is 33.2. The van der Waals surface area contributed by atoms with Crippen molar-refractivity contribution in [2.24, 2.45) is 5.92 Å². The number of methoxy groups -OCH3 is 2. The number of rotatable bonds is 48. The molecule has 1 unspecified atom stereocenters. The molecule has 31 heteroatoms. The maximum atomic E-state index is 14.0. The number of aliphatic hydroxyl groups is 1. The van der Waals surface area contributed by atoms with E-state index in [4.69, 9.17) is 66.3 Å². The van der Waals surface area contributed by atoms with Gasteiger partial charge in [0.2, 0.25) is 23.6 Å². The number of nitrogens with one attached hydrogen (secondary N) is 4. The van der Waals surface area contributed by atoms with E-state index in [2.05, 4.69) is 44.9 Å². The zero-order chi connectivity index (χ0) is 70.9.